The molecule has 0 aliphatic rings. The van der Waals surface area contributed by atoms with Gasteiger partial charge in [-0.2, -0.15) is 0 Å². The Kier molecular flexibility index (Phi) is 2.72. The van der Waals surface area contributed by atoms with Gasteiger partial charge in [-0.15, -0.1) is 11.3 Å². The lowest BCUT2D eigenvalue weighted by atomic mass is 10.1. The molecule has 0 atom stereocenters. The summed E-state index contributed by atoms with van der Waals surface area (Å²) >= 11 is 1.60. The number of pyridine rings is 1. The third-order valence-electron chi connectivity index (χ3n) is 2.88. The molecule has 0 aliphatic heterocycles. The molecule has 0 fully saturated rings. The lowest BCUT2D eigenvalue weighted by Gasteiger charge is -2.06. The maximum Gasteiger partial charge on any atom is 0.141 e. The number of nitrogens with zero attached hydrogens (tertiary/aromatic N) is 2. The molecular formula is C14H12N2OS. The van der Waals surface area contributed by atoms with Gasteiger partial charge in [-0.1, -0.05) is 0 Å². The Morgan fingerprint density at radius 3 is 2.83 bits per heavy atom. The molecule has 90 valence electrons. The van der Waals surface area contributed by atoms with E-state index in [1.54, 1.807) is 24.6 Å². The number of hydrogen-bond donors (Lipinski definition) is 0. The number of ether oxygens (including phenoxy) is 1. The van der Waals surface area contributed by atoms with Gasteiger partial charge < -0.3 is 4.74 Å². The first-order valence-electron chi connectivity index (χ1n) is 5.63. The molecule has 2 aromatic heterocycles. The average molecular weight is 256 g/mol. The van der Waals surface area contributed by atoms with Crippen LogP contribution in [0.3, 0.4) is 0 Å². The second-order valence-electron chi connectivity index (χ2n) is 4.02. The minimum absolute atomic E-state index is 0.859. The van der Waals surface area contributed by atoms with E-state index in [-0.39, 0.29) is 0 Å². The van der Waals surface area contributed by atoms with Gasteiger partial charge >= 0.3 is 0 Å². The second kappa shape index (κ2) is 4.38. The molecule has 3 nitrogen and oxygen atoms in total. The van der Waals surface area contributed by atoms with Crippen molar-refractivity contribution >= 4 is 22.1 Å². The number of hydrogen-bond acceptors (Lipinski definition) is 4. The fourth-order valence-corrected chi connectivity index (χ4v) is 2.59. The van der Waals surface area contributed by atoms with Crippen molar-refractivity contribution in [3.05, 3.63) is 41.5 Å². The van der Waals surface area contributed by atoms with Crippen molar-refractivity contribution < 1.29 is 4.74 Å². The van der Waals surface area contributed by atoms with E-state index in [0.717, 1.165) is 32.9 Å². The highest BCUT2D eigenvalue weighted by atomic mass is 32.1. The van der Waals surface area contributed by atoms with Crippen LogP contribution in [0, 0.1) is 6.92 Å². The number of rotatable bonds is 2. The van der Waals surface area contributed by atoms with Gasteiger partial charge in [0, 0.05) is 22.7 Å². The van der Waals surface area contributed by atoms with E-state index in [4.69, 9.17) is 4.74 Å². The topological polar surface area (TPSA) is 35.0 Å². The Morgan fingerprint density at radius 1 is 1.22 bits per heavy atom. The Labute approximate surface area is 109 Å². The van der Waals surface area contributed by atoms with Gasteiger partial charge in [-0.25, -0.2) is 9.97 Å². The molecule has 18 heavy (non-hydrogen) atoms. The summed E-state index contributed by atoms with van der Waals surface area (Å²) in [5.74, 6) is 0.859. The molecule has 0 bridgehead atoms. The molecule has 0 unspecified atom stereocenters. The second-order valence-corrected chi connectivity index (χ2v) is 4.91. The molecule has 0 saturated carbocycles. The molecule has 1 aromatic carbocycles. The summed E-state index contributed by atoms with van der Waals surface area (Å²) in [6.45, 7) is 2.02. The lowest BCUT2D eigenvalue weighted by Crippen LogP contribution is -1.90. The van der Waals surface area contributed by atoms with Crippen LogP contribution in [0.5, 0.6) is 5.75 Å². The molecular weight excluding hydrogens is 244 g/mol. The monoisotopic (exact) mass is 256 g/mol. The lowest BCUT2D eigenvalue weighted by molar-refractivity contribution is 0.415. The number of aromatic nitrogens is 2. The smallest absolute Gasteiger partial charge is 0.141 e. The Hall–Kier alpha value is -1.94. The van der Waals surface area contributed by atoms with Crippen LogP contribution >= 0.6 is 11.3 Å². The quantitative estimate of drug-likeness (QED) is 0.701. The third kappa shape index (κ3) is 1.84. The molecule has 0 N–H and O–H groups in total. The van der Waals surface area contributed by atoms with Gasteiger partial charge in [-0.05, 0) is 36.6 Å². The van der Waals surface area contributed by atoms with Crippen LogP contribution in [0.4, 0.5) is 0 Å². The summed E-state index contributed by atoms with van der Waals surface area (Å²) < 4.78 is 5.26. The SMILES string of the molecule is COc1ccc2c(C)nc(-c3nccs3)cc2c1. The first-order chi connectivity index (χ1) is 8.78. The van der Waals surface area contributed by atoms with Crippen molar-refractivity contribution in [2.45, 2.75) is 6.92 Å². The molecule has 0 radical (unpaired) electrons. The number of benzene rings is 1. The Balaban J connectivity index is 2.24. The highest BCUT2D eigenvalue weighted by Gasteiger charge is 2.07. The molecule has 4 heteroatoms. The van der Waals surface area contributed by atoms with Crippen molar-refractivity contribution in [3.8, 4) is 16.5 Å². The number of fused-ring (bicyclic) bond motifs is 1. The summed E-state index contributed by atoms with van der Waals surface area (Å²) in [4.78, 5) is 8.91. The first kappa shape index (κ1) is 11.2. The minimum Gasteiger partial charge on any atom is -0.497 e. The van der Waals surface area contributed by atoms with E-state index >= 15 is 0 Å². The fourth-order valence-electron chi connectivity index (χ4n) is 2.00. The van der Waals surface area contributed by atoms with Crippen LogP contribution in [0.2, 0.25) is 0 Å². The molecule has 0 aliphatic carbocycles. The summed E-state index contributed by atoms with van der Waals surface area (Å²) in [6, 6.07) is 8.09. The maximum absolute atomic E-state index is 5.26. The molecule has 0 saturated heterocycles. The molecule has 3 rings (SSSR count). The summed E-state index contributed by atoms with van der Waals surface area (Å²) in [7, 11) is 1.68. The van der Waals surface area contributed by atoms with Gasteiger partial charge in [-0.3, -0.25) is 0 Å². The van der Waals surface area contributed by atoms with E-state index in [1.807, 2.05) is 30.5 Å². The van der Waals surface area contributed by atoms with Crippen molar-refractivity contribution in [2.75, 3.05) is 7.11 Å². The molecule has 0 spiro atoms. The van der Waals surface area contributed by atoms with E-state index in [0.29, 0.717) is 0 Å². The van der Waals surface area contributed by atoms with Crippen LogP contribution in [-0.2, 0) is 0 Å². The standard InChI is InChI=1S/C14H12N2OS/c1-9-12-4-3-11(17-2)7-10(12)8-13(16-9)14-15-5-6-18-14/h3-8H,1-2H3. The molecule has 0 amide bonds. The Morgan fingerprint density at radius 2 is 2.11 bits per heavy atom. The van der Waals surface area contributed by atoms with E-state index < -0.39 is 0 Å². The van der Waals surface area contributed by atoms with Crippen LogP contribution in [-0.4, -0.2) is 17.1 Å². The van der Waals surface area contributed by atoms with Crippen molar-refractivity contribution in [3.63, 3.8) is 0 Å². The van der Waals surface area contributed by atoms with Gasteiger partial charge in [0.2, 0.25) is 0 Å². The average Bonchev–Trinajstić information content (AvgIpc) is 2.91. The predicted octanol–water partition coefficient (Wildman–Crippen LogP) is 3.68. The summed E-state index contributed by atoms with van der Waals surface area (Å²) in [5, 5.41) is 5.19. The van der Waals surface area contributed by atoms with Gasteiger partial charge in [0.15, 0.2) is 0 Å². The zero-order chi connectivity index (χ0) is 12.5. The maximum atomic E-state index is 5.26. The van der Waals surface area contributed by atoms with Crippen molar-refractivity contribution in [1.29, 1.82) is 0 Å². The van der Waals surface area contributed by atoms with Crippen LogP contribution < -0.4 is 4.74 Å². The zero-order valence-electron chi connectivity index (χ0n) is 10.2. The minimum atomic E-state index is 0.859. The van der Waals surface area contributed by atoms with Gasteiger partial charge in [0.25, 0.3) is 0 Å². The Bertz CT molecular complexity index is 692. The van der Waals surface area contributed by atoms with Gasteiger partial charge in [0.05, 0.1) is 12.8 Å². The normalized spacial score (nSPS) is 10.8. The van der Waals surface area contributed by atoms with Crippen molar-refractivity contribution in [2.24, 2.45) is 0 Å². The van der Waals surface area contributed by atoms with Crippen molar-refractivity contribution in [1.82, 2.24) is 9.97 Å². The number of thiazole rings is 1. The largest absolute Gasteiger partial charge is 0.497 e. The molecule has 3 aromatic rings. The predicted molar refractivity (Wildman–Crippen MR) is 74.1 cm³/mol. The van der Waals surface area contributed by atoms with E-state index in [2.05, 4.69) is 16.0 Å². The number of aryl methyl sites for hydroxylation is 1. The highest BCUT2D eigenvalue weighted by Crippen LogP contribution is 2.28. The van der Waals surface area contributed by atoms with Crippen LogP contribution in [0.25, 0.3) is 21.5 Å². The van der Waals surface area contributed by atoms with Crippen LogP contribution in [0.1, 0.15) is 5.69 Å². The summed E-state index contributed by atoms with van der Waals surface area (Å²) in [5.41, 5.74) is 1.93. The van der Waals surface area contributed by atoms with Gasteiger partial charge in [0.1, 0.15) is 10.8 Å². The van der Waals surface area contributed by atoms with Crippen LogP contribution in [0.15, 0.2) is 35.8 Å². The highest BCUT2D eigenvalue weighted by molar-refractivity contribution is 7.13. The van der Waals surface area contributed by atoms with E-state index in [1.165, 1.54) is 0 Å². The zero-order valence-corrected chi connectivity index (χ0v) is 11.0. The third-order valence-corrected chi connectivity index (χ3v) is 3.68. The summed E-state index contributed by atoms with van der Waals surface area (Å²) in [6.07, 6.45) is 1.80. The first-order valence-corrected chi connectivity index (χ1v) is 6.51. The molecule has 2 heterocycles. The fraction of sp³-hybridized carbons (Fsp3) is 0.143. The number of methoxy groups -OCH3 is 1. The van der Waals surface area contributed by atoms with E-state index in [9.17, 15) is 0 Å².